The van der Waals surface area contributed by atoms with Gasteiger partial charge in [0, 0.05) is 31.7 Å². The standard InChI is InChI=1S/C24H39BN6O7/c1-14(2)20(30-17(32)9-5-4-6-13-31-18(33)10-11-19(31)34)23(37)29-16(8-7-12-27-24(26)38)22(36)28-15(3)21(25)35/h10-11,14-16,20H,4-9,12-13,25H2,1-3H3,(H,28,36)(H,29,37)(H,30,32)(H3,26,27,38)/t15-,16+,20?/m1/s1. The van der Waals surface area contributed by atoms with E-state index >= 15 is 0 Å². The fraction of sp³-hybridized carbons (Fsp3) is 0.625. The zero-order valence-electron chi connectivity index (χ0n) is 22.5. The van der Waals surface area contributed by atoms with E-state index in [2.05, 4.69) is 21.3 Å². The Balaban J connectivity index is 2.63. The predicted molar refractivity (Wildman–Crippen MR) is 141 cm³/mol. The van der Waals surface area contributed by atoms with E-state index in [0.717, 1.165) is 4.90 Å². The van der Waals surface area contributed by atoms with Crippen LogP contribution in [0.25, 0.3) is 0 Å². The van der Waals surface area contributed by atoms with Crippen molar-refractivity contribution in [1.82, 2.24) is 26.2 Å². The van der Waals surface area contributed by atoms with Crippen molar-refractivity contribution in [2.24, 2.45) is 11.7 Å². The molecule has 1 rings (SSSR count). The van der Waals surface area contributed by atoms with E-state index in [-0.39, 0.29) is 55.3 Å². The number of hydrogen-bond donors (Lipinski definition) is 5. The van der Waals surface area contributed by atoms with Crippen molar-refractivity contribution in [2.45, 2.75) is 77.4 Å². The molecule has 0 saturated heterocycles. The van der Waals surface area contributed by atoms with Gasteiger partial charge in [0.05, 0.1) is 6.04 Å². The first kappa shape index (κ1) is 32.3. The summed E-state index contributed by atoms with van der Waals surface area (Å²) in [7, 11) is 1.34. The van der Waals surface area contributed by atoms with Crippen LogP contribution in [0.1, 0.15) is 59.3 Å². The summed E-state index contributed by atoms with van der Waals surface area (Å²) in [5.74, 6) is -2.42. The Kier molecular flexibility index (Phi) is 13.8. The van der Waals surface area contributed by atoms with E-state index in [1.807, 2.05) is 0 Å². The molecule has 38 heavy (non-hydrogen) atoms. The molecule has 0 radical (unpaired) electrons. The number of nitrogens with one attached hydrogen (secondary N) is 4. The molecule has 14 heteroatoms. The molecule has 210 valence electrons. The van der Waals surface area contributed by atoms with Crippen LogP contribution in [0.3, 0.4) is 0 Å². The molecule has 0 bridgehead atoms. The van der Waals surface area contributed by atoms with Crippen LogP contribution < -0.4 is 27.0 Å². The Morgan fingerprint density at radius 2 is 1.53 bits per heavy atom. The van der Waals surface area contributed by atoms with Gasteiger partial charge in [-0.2, -0.15) is 0 Å². The third-order valence-electron chi connectivity index (χ3n) is 6.02. The Bertz CT molecular complexity index is 921. The predicted octanol–water partition coefficient (Wildman–Crippen LogP) is -1.79. The molecule has 0 aromatic carbocycles. The lowest BCUT2D eigenvalue weighted by Crippen LogP contribution is -2.56. The van der Waals surface area contributed by atoms with Crippen molar-refractivity contribution >= 4 is 49.1 Å². The fourth-order valence-electron chi connectivity index (χ4n) is 3.63. The summed E-state index contributed by atoms with van der Waals surface area (Å²) < 4.78 is 0. The van der Waals surface area contributed by atoms with Gasteiger partial charge in [-0.3, -0.25) is 28.9 Å². The number of carbonyl (C=O) groups is 7. The van der Waals surface area contributed by atoms with Crippen LogP contribution in [-0.4, -0.2) is 85.2 Å². The summed E-state index contributed by atoms with van der Waals surface area (Å²) in [5.41, 5.74) is 4.80. The van der Waals surface area contributed by atoms with Crippen molar-refractivity contribution in [3.63, 3.8) is 0 Å². The second-order valence-corrected chi connectivity index (χ2v) is 9.60. The highest BCUT2D eigenvalue weighted by Crippen LogP contribution is 2.09. The number of primary amides is 1. The summed E-state index contributed by atoms with van der Waals surface area (Å²) in [6, 6.07) is -3.36. The third-order valence-corrected chi connectivity index (χ3v) is 6.02. The minimum absolute atomic E-state index is 0.148. The molecular weight excluding hydrogens is 495 g/mol. The van der Waals surface area contributed by atoms with Crippen molar-refractivity contribution < 1.29 is 33.6 Å². The molecule has 1 unspecified atom stereocenters. The highest BCUT2D eigenvalue weighted by molar-refractivity contribution is 6.59. The minimum atomic E-state index is -0.998. The molecule has 0 aliphatic carbocycles. The molecule has 7 amide bonds. The monoisotopic (exact) mass is 534 g/mol. The Hall–Kier alpha value is -3.71. The molecule has 0 spiro atoms. The molecule has 6 N–H and O–H groups in total. The second-order valence-electron chi connectivity index (χ2n) is 9.60. The average molecular weight is 534 g/mol. The number of amides is 7. The van der Waals surface area contributed by atoms with Crippen LogP contribution in [0.5, 0.6) is 0 Å². The molecule has 3 atom stereocenters. The fourth-order valence-corrected chi connectivity index (χ4v) is 3.63. The van der Waals surface area contributed by atoms with Gasteiger partial charge in [0.1, 0.15) is 17.8 Å². The van der Waals surface area contributed by atoms with Gasteiger partial charge < -0.3 is 31.8 Å². The van der Waals surface area contributed by atoms with Crippen molar-refractivity contribution in [1.29, 1.82) is 0 Å². The van der Waals surface area contributed by atoms with E-state index in [4.69, 9.17) is 5.73 Å². The normalized spacial score (nSPS) is 15.1. The van der Waals surface area contributed by atoms with Gasteiger partial charge in [0.2, 0.25) is 17.7 Å². The lowest BCUT2D eigenvalue weighted by Gasteiger charge is -2.26. The highest BCUT2D eigenvalue weighted by atomic mass is 16.2. The number of carbonyl (C=O) groups excluding carboxylic acids is 7. The Labute approximate surface area is 223 Å². The molecule has 0 fully saturated rings. The second kappa shape index (κ2) is 16.2. The van der Waals surface area contributed by atoms with Gasteiger partial charge in [-0.1, -0.05) is 20.3 Å². The van der Waals surface area contributed by atoms with Crippen molar-refractivity contribution in [3.05, 3.63) is 12.2 Å². The van der Waals surface area contributed by atoms with Gasteiger partial charge in [-0.25, -0.2) is 4.79 Å². The zero-order chi connectivity index (χ0) is 28.8. The summed E-state index contributed by atoms with van der Waals surface area (Å²) in [6.07, 6.45) is 4.77. The number of urea groups is 1. The number of nitrogens with zero attached hydrogens (tertiary/aromatic N) is 1. The summed E-state index contributed by atoms with van der Waals surface area (Å²) in [6.45, 7) is 5.52. The maximum atomic E-state index is 13.0. The molecule has 0 aromatic rings. The third kappa shape index (κ3) is 11.6. The lowest BCUT2D eigenvalue weighted by atomic mass is 9.95. The molecule has 1 aliphatic heterocycles. The van der Waals surface area contributed by atoms with Gasteiger partial charge in [-0.05, 0) is 38.5 Å². The van der Waals surface area contributed by atoms with Crippen LogP contribution in [0, 0.1) is 5.92 Å². The zero-order valence-corrected chi connectivity index (χ0v) is 22.5. The van der Waals surface area contributed by atoms with E-state index in [1.165, 1.54) is 26.9 Å². The van der Waals surface area contributed by atoms with Crippen LogP contribution in [0.15, 0.2) is 12.2 Å². The van der Waals surface area contributed by atoms with Gasteiger partial charge in [0.25, 0.3) is 11.8 Å². The number of nitrogens with two attached hydrogens (primary N) is 1. The average Bonchev–Trinajstić information content (AvgIpc) is 3.15. The van der Waals surface area contributed by atoms with E-state index in [9.17, 15) is 33.6 Å². The van der Waals surface area contributed by atoms with Crippen LogP contribution in [0.2, 0.25) is 0 Å². The first-order valence-electron chi connectivity index (χ1n) is 12.8. The van der Waals surface area contributed by atoms with Crippen LogP contribution in [0.4, 0.5) is 4.79 Å². The molecule has 0 saturated carbocycles. The number of imide groups is 1. The largest absolute Gasteiger partial charge is 0.352 e. The maximum absolute atomic E-state index is 13.0. The quantitative estimate of drug-likeness (QED) is 0.0825. The highest BCUT2D eigenvalue weighted by Gasteiger charge is 2.29. The number of hydrogen-bond acceptors (Lipinski definition) is 7. The Morgan fingerprint density at radius 1 is 0.895 bits per heavy atom. The molecule has 1 heterocycles. The van der Waals surface area contributed by atoms with Gasteiger partial charge in [0.15, 0.2) is 7.85 Å². The Morgan fingerprint density at radius 3 is 2.08 bits per heavy atom. The molecule has 13 nitrogen and oxygen atoms in total. The van der Waals surface area contributed by atoms with Crippen LogP contribution in [-0.2, 0) is 28.8 Å². The van der Waals surface area contributed by atoms with E-state index < -0.39 is 36.0 Å². The van der Waals surface area contributed by atoms with Gasteiger partial charge >= 0.3 is 6.03 Å². The first-order valence-corrected chi connectivity index (χ1v) is 12.8. The number of unbranched alkanes of at least 4 members (excludes halogenated alkanes) is 2. The SMILES string of the molecule is BC(=O)[C@@H](C)NC(=O)[C@H](CCCNC(N)=O)NC(=O)C(NC(=O)CCCCCN1C(=O)C=CC1=O)C(C)C. The van der Waals surface area contributed by atoms with E-state index in [1.54, 1.807) is 13.8 Å². The molecule has 1 aliphatic rings. The molecular formula is C24H39BN6O7. The van der Waals surface area contributed by atoms with Crippen molar-refractivity contribution in [2.75, 3.05) is 13.1 Å². The minimum Gasteiger partial charge on any atom is -0.352 e. The summed E-state index contributed by atoms with van der Waals surface area (Å²) in [5, 5.41) is 10.3. The summed E-state index contributed by atoms with van der Waals surface area (Å²) in [4.78, 5) is 85.0. The van der Waals surface area contributed by atoms with Crippen LogP contribution >= 0.6 is 0 Å². The van der Waals surface area contributed by atoms with Crippen molar-refractivity contribution in [3.8, 4) is 0 Å². The topological polar surface area (TPSA) is 197 Å². The number of rotatable bonds is 17. The first-order chi connectivity index (χ1) is 17.8. The smallest absolute Gasteiger partial charge is 0.312 e. The maximum Gasteiger partial charge on any atom is 0.312 e. The summed E-state index contributed by atoms with van der Waals surface area (Å²) >= 11 is 0. The van der Waals surface area contributed by atoms with Gasteiger partial charge in [-0.15, -0.1) is 0 Å². The lowest BCUT2D eigenvalue weighted by molar-refractivity contribution is -0.137. The molecule has 0 aromatic heterocycles. The van der Waals surface area contributed by atoms with E-state index in [0.29, 0.717) is 25.7 Å².